The van der Waals surface area contributed by atoms with E-state index in [1.54, 1.807) is 50.4 Å². The third-order valence-corrected chi connectivity index (χ3v) is 11.2. The number of rotatable bonds is 3. The standard InChI is InChI=1S/C24H27ClFN7O2S/c1-13-19(31-18-10-7-14(25)12-33(13)18)21(34)30-17-9-8-15(26)20(29-17)24(4)16-6-5-11-28-36(16,35)23(2,3)22(27)32-24/h7-10,12,16H,5-6,11H2,1-4H3,(H2,27,32)(H,29,30,34)/t16-,24+,36+/m1/s1. The molecule has 0 aliphatic carbocycles. The van der Waals surface area contributed by atoms with Gasteiger partial charge in [-0.1, -0.05) is 11.6 Å². The number of amidine groups is 1. The number of fused-ring (bicyclic) bond motifs is 2. The van der Waals surface area contributed by atoms with Crippen LogP contribution in [0, 0.1) is 12.7 Å². The molecule has 190 valence electrons. The predicted molar refractivity (Wildman–Crippen MR) is 139 cm³/mol. The summed E-state index contributed by atoms with van der Waals surface area (Å²) in [6.07, 6.45) is 2.92. The number of imidazole rings is 1. The molecule has 36 heavy (non-hydrogen) atoms. The van der Waals surface area contributed by atoms with Crippen LogP contribution in [0.25, 0.3) is 5.65 Å². The first-order valence-corrected chi connectivity index (χ1v) is 13.5. The van der Waals surface area contributed by atoms with Crippen LogP contribution in [0.1, 0.15) is 55.5 Å². The van der Waals surface area contributed by atoms with Crippen LogP contribution in [0.2, 0.25) is 5.02 Å². The zero-order chi connectivity index (χ0) is 26.0. The van der Waals surface area contributed by atoms with Crippen molar-refractivity contribution in [3.05, 3.63) is 58.4 Å². The fraction of sp³-hybridized carbons (Fsp3) is 0.417. The molecular formula is C24H27ClFN7O2S. The number of nitrogens with zero attached hydrogens (tertiary/aromatic N) is 5. The van der Waals surface area contributed by atoms with E-state index in [0.717, 1.165) is 0 Å². The second-order valence-corrected chi connectivity index (χ2v) is 13.2. The highest BCUT2D eigenvalue weighted by Gasteiger charge is 2.56. The van der Waals surface area contributed by atoms with E-state index in [2.05, 4.69) is 24.6 Å². The number of carbonyl (C=O) groups is 1. The van der Waals surface area contributed by atoms with Crippen LogP contribution in [0.15, 0.2) is 39.8 Å². The summed E-state index contributed by atoms with van der Waals surface area (Å²) in [6.45, 7) is 7.42. The molecule has 0 saturated heterocycles. The summed E-state index contributed by atoms with van der Waals surface area (Å²) in [6, 6.07) is 5.98. The molecule has 3 aromatic heterocycles. The molecule has 5 rings (SSSR count). The lowest BCUT2D eigenvalue weighted by Crippen LogP contribution is -2.60. The van der Waals surface area contributed by atoms with E-state index in [1.807, 2.05) is 0 Å². The third-order valence-electron chi connectivity index (χ3n) is 7.22. The summed E-state index contributed by atoms with van der Waals surface area (Å²) in [5, 5.41) is 2.63. The van der Waals surface area contributed by atoms with E-state index in [0.29, 0.717) is 35.8 Å². The highest BCUT2D eigenvalue weighted by Crippen LogP contribution is 2.47. The van der Waals surface area contributed by atoms with Crippen LogP contribution in [0.5, 0.6) is 0 Å². The molecule has 0 fully saturated rings. The van der Waals surface area contributed by atoms with Crippen molar-refractivity contribution in [3.63, 3.8) is 0 Å². The molecule has 5 heterocycles. The van der Waals surface area contributed by atoms with Crippen molar-refractivity contribution in [2.45, 2.75) is 56.1 Å². The van der Waals surface area contributed by atoms with Gasteiger partial charge in [-0.3, -0.25) is 9.79 Å². The van der Waals surface area contributed by atoms with Crippen LogP contribution in [0.3, 0.4) is 0 Å². The van der Waals surface area contributed by atoms with Crippen molar-refractivity contribution in [2.75, 3.05) is 11.9 Å². The summed E-state index contributed by atoms with van der Waals surface area (Å²) in [5.41, 5.74) is 6.29. The quantitative estimate of drug-likeness (QED) is 0.526. The zero-order valence-corrected chi connectivity index (χ0v) is 22.0. The predicted octanol–water partition coefficient (Wildman–Crippen LogP) is 4.08. The molecule has 0 radical (unpaired) electrons. The maximum absolute atomic E-state index is 15.3. The number of anilines is 1. The molecule has 0 aromatic carbocycles. The van der Waals surface area contributed by atoms with E-state index >= 15 is 4.39 Å². The number of halogens is 2. The lowest BCUT2D eigenvalue weighted by molar-refractivity contribution is 0.102. The van der Waals surface area contributed by atoms with Gasteiger partial charge in [0.15, 0.2) is 5.69 Å². The number of pyridine rings is 2. The molecule has 1 amide bonds. The zero-order valence-electron chi connectivity index (χ0n) is 20.4. The Kier molecular flexibility index (Phi) is 5.64. The lowest BCUT2D eigenvalue weighted by atomic mass is 9.89. The molecule has 0 spiro atoms. The normalized spacial score (nSPS) is 27.2. The van der Waals surface area contributed by atoms with Crippen molar-refractivity contribution >= 4 is 44.5 Å². The molecular weight excluding hydrogens is 505 g/mol. The minimum atomic E-state index is -2.88. The lowest BCUT2D eigenvalue weighted by Gasteiger charge is -2.47. The molecule has 9 nitrogen and oxygen atoms in total. The van der Waals surface area contributed by atoms with Crippen LogP contribution in [-0.2, 0) is 15.3 Å². The molecule has 0 bridgehead atoms. The van der Waals surface area contributed by atoms with E-state index in [9.17, 15) is 9.00 Å². The molecule has 3 atom stereocenters. The Hall–Kier alpha value is -3.05. The smallest absolute Gasteiger partial charge is 0.277 e. The number of carbonyl (C=O) groups excluding carboxylic acids is 1. The summed E-state index contributed by atoms with van der Waals surface area (Å²) in [4.78, 5) is 26.6. The monoisotopic (exact) mass is 531 g/mol. The number of aromatic nitrogens is 3. The van der Waals surface area contributed by atoms with Gasteiger partial charge in [0.05, 0.1) is 25.7 Å². The maximum Gasteiger partial charge on any atom is 0.277 e. The van der Waals surface area contributed by atoms with Gasteiger partial charge in [0, 0.05) is 12.7 Å². The van der Waals surface area contributed by atoms with Crippen molar-refractivity contribution in [2.24, 2.45) is 15.1 Å². The average molecular weight is 532 g/mol. The number of aliphatic imine (C=N–C) groups is 1. The largest absolute Gasteiger partial charge is 0.386 e. The van der Waals surface area contributed by atoms with E-state index in [1.165, 1.54) is 12.1 Å². The number of hydrogen-bond acceptors (Lipinski definition) is 7. The van der Waals surface area contributed by atoms with Gasteiger partial charge in [-0.05, 0) is 64.8 Å². The minimum absolute atomic E-state index is 0.0351. The molecule has 0 unspecified atom stereocenters. The maximum atomic E-state index is 15.3. The van der Waals surface area contributed by atoms with Crippen molar-refractivity contribution in [3.8, 4) is 0 Å². The topological polar surface area (TPSA) is 127 Å². The number of nitrogens with two attached hydrogens (primary N) is 1. The highest BCUT2D eigenvalue weighted by molar-refractivity contribution is 7.96. The van der Waals surface area contributed by atoms with Gasteiger partial charge in [0.2, 0.25) is 0 Å². The number of hydrogen-bond donors (Lipinski definition) is 2. The highest BCUT2D eigenvalue weighted by atomic mass is 35.5. The van der Waals surface area contributed by atoms with Gasteiger partial charge in [-0.2, -0.15) is 0 Å². The molecule has 12 heteroatoms. The SMILES string of the molecule is Cc1c(C(=O)Nc2ccc(F)c([C@@]3(C)N=C(N)C(C)(C)[S@]4(=O)=NCCC[C@H]34)n2)nc2ccc(Cl)cn12. The number of aryl methyl sites for hydroxylation is 1. The first kappa shape index (κ1) is 24.6. The van der Waals surface area contributed by atoms with Gasteiger partial charge >= 0.3 is 0 Å². The van der Waals surface area contributed by atoms with Crippen molar-refractivity contribution in [1.29, 1.82) is 0 Å². The van der Waals surface area contributed by atoms with Crippen LogP contribution in [-0.4, -0.2) is 46.9 Å². The van der Waals surface area contributed by atoms with Gasteiger partial charge < -0.3 is 15.5 Å². The van der Waals surface area contributed by atoms with E-state index < -0.39 is 37.0 Å². The first-order valence-electron chi connectivity index (χ1n) is 11.6. The number of amides is 1. The first-order chi connectivity index (χ1) is 16.9. The Morgan fingerprint density at radius 1 is 1.25 bits per heavy atom. The second kappa shape index (κ2) is 8.24. The summed E-state index contributed by atoms with van der Waals surface area (Å²) in [7, 11) is -2.88. The average Bonchev–Trinajstić information content (AvgIpc) is 3.15. The van der Waals surface area contributed by atoms with Crippen LogP contribution >= 0.6 is 11.6 Å². The molecule has 3 N–H and O–H groups in total. The Balaban J connectivity index is 1.56. The summed E-state index contributed by atoms with van der Waals surface area (Å²) < 4.78 is 34.7. The van der Waals surface area contributed by atoms with Gasteiger partial charge in [-0.15, -0.1) is 0 Å². The third kappa shape index (κ3) is 3.51. The van der Waals surface area contributed by atoms with Gasteiger partial charge in [0.1, 0.15) is 39.1 Å². The van der Waals surface area contributed by atoms with Crippen molar-refractivity contribution < 1.29 is 13.4 Å². The molecule has 3 aromatic rings. The summed E-state index contributed by atoms with van der Waals surface area (Å²) in [5.74, 6) is -0.874. The minimum Gasteiger partial charge on any atom is -0.386 e. The second-order valence-electron chi connectivity index (χ2n) is 9.81. The van der Waals surface area contributed by atoms with Crippen LogP contribution < -0.4 is 11.1 Å². The Morgan fingerprint density at radius 3 is 2.75 bits per heavy atom. The fourth-order valence-corrected chi connectivity index (χ4v) is 8.43. The van der Waals surface area contributed by atoms with E-state index in [4.69, 9.17) is 17.3 Å². The fourth-order valence-electron chi connectivity index (χ4n) is 5.04. The Morgan fingerprint density at radius 2 is 2.00 bits per heavy atom. The van der Waals surface area contributed by atoms with Gasteiger partial charge in [0.25, 0.3) is 5.91 Å². The Labute approximate surface area is 213 Å². The molecule has 0 saturated carbocycles. The van der Waals surface area contributed by atoms with Crippen molar-refractivity contribution in [1.82, 2.24) is 14.4 Å². The molecule has 2 aliphatic heterocycles. The number of nitrogens with one attached hydrogen (secondary N) is 1. The molecule has 2 aliphatic rings. The Bertz CT molecular complexity index is 1570. The van der Waals surface area contributed by atoms with E-state index in [-0.39, 0.29) is 23.0 Å². The summed E-state index contributed by atoms with van der Waals surface area (Å²) >= 11 is 6.07. The van der Waals surface area contributed by atoms with Crippen LogP contribution in [0.4, 0.5) is 10.2 Å². The van der Waals surface area contributed by atoms with Gasteiger partial charge in [-0.25, -0.2) is 22.9 Å².